The third-order valence-corrected chi connectivity index (χ3v) is 6.58. The molecule has 4 aliphatic carbocycles. The molecule has 1 aromatic rings. The molecule has 156 valence electrons. The van der Waals surface area contributed by atoms with Gasteiger partial charge in [0.15, 0.2) is 6.61 Å². The van der Waals surface area contributed by atoms with Gasteiger partial charge in [0.1, 0.15) is 5.75 Å². The van der Waals surface area contributed by atoms with Crippen molar-refractivity contribution in [3.05, 3.63) is 29.8 Å². The smallest absolute Gasteiger partial charge is 0.258 e. The second-order valence-electron chi connectivity index (χ2n) is 10.1. The lowest BCUT2D eigenvalue weighted by Crippen LogP contribution is -2.54. The molecule has 28 heavy (non-hydrogen) atoms. The number of amides is 1. The van der Waals surface area contributed by atoms with Gasteiger partial charge in [0.05, 0.1) is 0 Å². The minimum atomic E-state index is -0.228. The molecule has 0 unspecified atom stereocenters. The Morgan fingerprint density at radius 1 is 1.00 bits per heavy atom. The first kappa shape index (κ1) is 21.4. The van der Waals surface area contributed by atoms with E-state index in [-0.39, 0.29) is 30.5 Å². The normalized spacial score (nSPS) is 30.6. The number of hydrogen-bond donors (Lipinski definition) is 2. The molecule has 4 nitrogen and oxygen atoms in total. The van der Waals surface area contributed by atoms with E-state index in [0.717, 1.165) is 42.0 Å². The molecule has 0 heterocycles. The van der Waals surface area contributed by atoms with E-state index in [0.29, 0.717) is 0 Å². The van der Waals surface area contributed by atoms with Crippen molar-refractivity contribution in [2.45, 2.75) is 71.0 Å². The SMILES string of the molecule is CC(C)(C)NC(=O)COc1ccc(CNC2C3CC4CC(C3)CC2C4)cc1.Cl. The Balaban J connectivity index is 0.00000225. The molecule has 5 rings (SSSR count). The maximum absolute atomic E-state index is 11.9. The van der Waals surface area contributed by atoms with Gasteiger partial charge in [0.2, 0.25) is 0 Å². The topological polar surface area (TPSA) is 50.4 Å². The quantitative estimate of drug-likeness (QED) is 0.739. The Kier molecular flexibility index (Phi) is 6.61. The maximum atomic E-state index is 11.9. The number of rotatable bonds is 6. The fourth-order valence-electron chi connectivity index (χ4n) is 5.80. The Bertz CT molecular complexity index is 640. The molecule has 1 aromatic carbocycles. The van der Waals surface area contributed by atoms with Gasteiger partial charge in [-0.3, -0.25) is 4.79 Å². The van der Waals surface area contributed by atoms with E-state index in [1.54, 1.807) is 0 Å². The summed E-state index contributed by atoms with van der Waals surface area (Å²) in [5.74, 6) is 4.53. The second kappa shape index (κ2) is 8.62. The minimum Gasteiger partial charge on any atom is -0.484 e. The summed E-state index contributed by atoms with van der Waals surface area (Å²) in [5, 5.41) is 6.78. The van der Waals surface area contributed by atoms with Crippen molar-refractivity contribution in [1.82, 2.24) is 10.6 Å². The summed E-state index contributed by atoms with van der Waals surface area (Å²) in [6, 6.07) is 8.88. The molecular formula is C23H35ClN2O2. The van der Waals surface area contributed by atoms with Crippen LogP contribution in [0.1, 0.15) is 58.4 Å². The molecule has 2 N–H and O–H groups in total. The molecule has 0 radical (unpaired) electrons. The molecule has 0 atom stereocenters. The van der Waals surface area contributed by atoms with Gasteiger partial charge in [-0.1, -0.05) is 12.1 Å². The predicted molar refractivity (Wildman–Crippen MR) is 115 cm³/mol. The highest BCUT2D eigenvalue weighted by Gasteiger charge is 2.47. The van der Waals surface area contributed by atoms with Crippen LogP contribution < -0.4 is 15.4 Å². The van der Waals surface area contributed by atoms with E-state index in [4.69, 9.17) is 4.74 Å². The molecule has 4 bridgehead atoms. The summed E-state index contributed by atoms with van der Waals surface area (Å²) < 4.78 is 5.61. The number of hydrogen-bond acceptors (Lipinski definition) is 3. The van der Waals surface area contributed by atoms with Gasteiger partial charge >= 0.3 is 0 Å². The number of nitrogens with one attached hydrogen (secondary N) is 2. The van der Waals surface area contributed by atoms with Crippen LogP contribution in [-0.4, -0.2) is 24.1 Å². The fourth-order valence-corrected chi connectivity index (χ4v) is 5.80. The molecule has 4 aliphatic rings. The summed E-state index contributed by atoms with van der Waals surface area (Å²) in [6.07, 6.45) is 7.32. The minimum absolute atomic E-state index is 0. The zero-order chi connectivity index (χ0) is 19.0. The number of ether oxygens (including phenoxy) is 1. The molecule has 0 saturated heterocycles. The zero-order valence-corrected chi connectivity index (χ0v) is 18.2. The van der Waals surface area contributed by atoms with Gasteiger partial charge in [-0.05, 0) is 94.2 Å². The van der Waals surface area contributed by atoms with Gasteiger partial charge in [0, 0.05) is 18.1 Å². The van der Waals surface area contributed by atoms with E-state index in [1.807, 2.05) is 32.9 Å². The summed E-state index contributed by atoms with van der Waals surface area (Å²) in [7, 11) is 0. The molecule has 0 spiro atoms. The lowest BCUT2D eigenvalue weighted by molar-refractivity contribution is -0.124. The maximum Gasteiger partial charge on any atom is 0.258 e. The summed E-state index contributed by atoms with van der Waals surface area (Å²) in [5.41, 5.74) is 1.06. The lowest BCUT2D eigenvalue weighted by Gasteiger charge is -2.54. The molecular weight excluding hydrogens is 372 g/mol. The van der Waals surface area contributed by atoms with Gasteiger partial charge in [-0.25, -0.2) is 0 Å². The monoisotopic (exact) mass is 406 g/mol. The van der Waals surface area contributed by atoms with Crippen molar-refractivity contribution in [1.29, 1.82) is 0 Å². The third kappa shape index (κ3) is 5.21. The highest BCUT2D eigenvalue weighted by Crippen LogP contribution is 2.53. The van der Waals surface area contributed by atoms with E-state index in [1.165, 1.54) is 37.7 Å². The lowest BCUT2D eigenvalue weighted by atomic mass is 9.54. The van der Waals surface area contributed by atoms with Crippen LogP contribution in [-0.2, 0) is 11.3 Å². The number of halogens is 1. The van der Waals surface area contributed by atoms with E-state index in [2.05, 4.69) is 22.8 Å². The van der Waals surface area contributed by atoms with Crippen molar-refractivity contribution in [2.75, 3.05) is 6.61 Å². The zero-order valence-electron chi connectivity index (χ0n) is 17.4. The van der Waals surface area contributed by atoms with Crippen molar-refractivity contribution in [2.24, 2.45) is 23.7 Å². The fraction of sp³-hybridized carbons (Fsp3) is 0.696. The molecule has 4 fully saturated rings. The molecule has 5 heteroatoms. The van der Waals surface area contributed by atoms with Crippen LogP contribution in [0.5, 0.6) is 5.75 Å². The molecule has 4 saturated carbocycles. The van der Waals surface area contributed by atoms with Crippen LogP contribution in [0.4, 0.5) is 0 Å². The van der Waals surface area contributed by atoms with Crippen LogP contribution >= 0.6 is 12.4 Å². The standard InChI is InChI=1S/C23H34N2O2.ClH/c1-23(2,3)25-21(26)14-27-20-6-4-15(5-7-20)13-24-22-18-9-16-8-17(11-18)12-19(22)10-16;/h4-7,16-19,22,24H,8-14H2,1-3H3,(H,25,26);1H. The van der Waals surface area contributed by atoms with Crippen molar-refractivity contribution < 1.29 is 9.53 Å². The van der Waals surface area contributed by atoms with Crippen LogP contribution in [0, 0.1) is 23.7 Å². The largest absolute Gasteiger partial charge is 0.484 e. The van der Waals surface area contributed by atoms with Gasteiger partial charge < -0.3 is 15.4 Å². The van der Waals surface area contributed by atoms with Gasteiger partial charge in [-0.15, -0.1) is 12.4 Å². The van der Waals surface area contributed by atoms with E-state index in [9.17, 15) is 4.79 Å². The van der Waals surface area contributed by atoms with Crippen molar-refractivity contribution >= 4 is 18.3 Å². The first-order valence-electron chi connectivity index (χ1n) is 10.6. The summed E-state index contributed by atoms with van der Waals surface area (Å²) >= 11 is 0. The Labute approximate surface area is 175 Å². The van der Waals surface area contributed by atoms with Crippen molar-refractivity contribution in [3.63, 3.8) is 0 Å². The average molecular weight is 407 g/mol. The first-order chi connectivity index (χ1) is 12.9. The first-order valence-corrected chi connectivity index (χ1v) is 10.6. The third-order valence-electron chi connectivity index (χ3n) is 6.58. The predicted octanol–water partition coefficient (Wildman–Crippen LogP) is 4.32. The van der Waals surface area contributed by atoms with Gasteiger partial charge in [0.25, 0.3) is 5.91 Å². The number of benzene rings is 1. The summed E-state index contributed by atoms with van der Waals surface area (Å²) in [4.78, 5) is 11.9. The van der Waals surface area contributed by atoms with Crippen molar-refractivity contribution in [3.8, 4) is 5.75 Å². The van der Waals surface area contributed by atoms with Crippen LogP contribution in [0.15, 0.2) is 24.3 Å². The second-order valence-corrected chi connectivity index (χ2v) is 10.1. The van der Waals surface area contributed by atoms with Crippen LogP contribution in [0.2, 0.25) is 0 Å². The van der Waals surface area contributed by atoms with Crippen LogP contribution in [0.3, 0.4) is 0 Å². The highest BCUT2D eigenvalue weighted by molar-refractivity contribution is 5.85. The Hall–Kier alpha value is -1.26. The van der Waals surface area contributed by atoms with Crippen LogP contribution in [0.25, 0.3) is 0 Å². The molecule has 0 aromatic heterocycles. The Morgan fingerprint density at radius 3 is 2.11 bits per heavy atom. The van der Waals surface area contributed by atoms with E-state index >= 15 is 0 Å². The number of carbonyl (C=O) groups is 1. The summed E-state index contributed by atoms with van der Waals surface area (Å²) in [6.45, 7) is 6.89. The Morgan fingerprint density at radius 2 is 1.57 bits per heavy atom. The molecule has 0 aliphatic heterocycles. The van der Waals surface area contributed by atoms with Gasteiger partial charge in [-0.2, -0.15) is 0 Å². The van der Waals surface area contributed by atoms with E-state index < -0.39 is 0 Å². The highest BCUT2D eigenvalue weighted by atomic mass is 35.5. The number of carbonyl (C=O) groups excluding carboxylic acids is 1. The average Bonchev–Trinajstić information content (AvgIpc) is 2.58. The molecule has 1 amide bonds.